The Morgan fingerprint density at radius 2 is 1.82 bits per heavy atom. The zero-order chi connectivity index (χ0) is 25.0. The molecule has 1 aliphatic rings. The number of amides is 3. The van der Waals surface area contributed by atoms with Gasteiger partial charge < -0.3 is 10.1 Å². The fourth-order valence-electron chi connectivity index (χ4n) is 3.99. The Labute approximate surface area is 205 Å². The number of carbonyl (C=O) groups is 4. The van der Waals surface area contributed by atoms with Crippen LogP contribution in [0.25, 0.3) is 0 Å². The predicted molar refractivity (Wildman–Crippen MR) is 133 cm³/mol. The number of benzene rings is 2. The normalized spacial score (nSPS) is 13.8. The van der Waals surface area contributed by atoms with Crippen LogP contribution in [0.2, 0.25) is 0 Å². The molecule has 8 heteroatoms. The van der Waals surface area contributed by atoms with E-state index in [1.807, 2.05) is 20.8 Å². The monoisotopic (exact) mass is 482 g/mol. The van der Waals surface area contributed by atoms with Gasteiger partial charge in [-0.2, -0.15) is 0 Å². The lowest BCUT2D eigenvalue weighted by Gasteiger charge is -2.26. The second-order valence-electron chi connectivity index (χ2n) is 8.74. The SMILES string of the molecule is CCCC(C(=O)c1cc(OC)ccc1NC(=O)CCC(C)C)N1C(=O)c2cccc(S)c2C1=O. The molecule has 0 spiro atoms. The van der Waals surface area contributed by atoms with Crippen molar-refractivity contribution >= 4 is 41.8 Å². The number of nitrogens with one attached hydrogen (secondary N) is 1. The number of Topliss-reactive ketones (excluding diaryl/α,β-unsaturated/α-hetero) is 1. The molecule has 1 heterocycles. The zero-order valence-corrected chi connectivity index (χ0v) is 20.8. The molecular weight excluding hydrogens is 452 g/mol. The minimum atomic E-state index is -1.02. The van der Waals surface area contributed by atoms with E-state index in [4.69, 9.17) is 4.74 Å². The third kappa shape index (κ3) is 5.17. The molecule has 34 heavy (non-hydrogen) atoms. The summed E-state index contributed by atoms with van der Waals surface area (Å²) in [5, 5.41) is 2.82. The molecule has 1 aliphatic heterocycles. The van der Waals surface area contributed by atoms with Crippen molar-refractivity contribution in [3.63, 3.8) is 0 Å². The number of hydrogen-bond acceptors (Lipinski definition) is 6. The first-order chi connectivity index (χ1) is 16.2. The van der Waals surface area contributed by atoms with Crippen LogP contribution < -0.4 is 10.1 Å². The molecule has 7 nitrogen and oxygen atoms in total. The number of ether oxygens (including phenoxy) is 1. The molecule has 3 rings (SSSR count). The van der Waals surface area contributed by atoms with Gasteiger partial charge >= 0.3 is 0 Å². The molecule has 0 radical (unpaired) electrons. The maximum Gasteiger partial charge on any atom is 0.263 e. The fraction of sp³-hybridized carbons (Fsp3) is 0.385. The van der Waals surface area contributed by atoms with Crippen molar-refractivity contribution in [3.05, 3.63) is 53.1 Å². The maximum atomic E-state index is 13.8. The summed E-state index contributed by atoms with van der Waals surface area (Å²) in [7, 11) is 1.48. The van der Waals surface area contributed by atoms with E-state index in [9.17, 15) is 19.2 Å². The molecule has 3 amide bonds. The molecule has 1 N–H and O–H groups in total. The Kier molecular flexibility index (Phi) is 8.15. The van der Waals surface area contributed by atoms with Gasteiger partial charge in [0, 0.05) is 16.9 Å². The number of hydrogen-bond donors (Lipinski definition) is 2. The second kappa shape index (κ2) is 10.9. The number of methoxy groups -OCH3 is 1. The summed E-state index contributed by atoms with van der Waals surface area (Å²) in [5.41, 5.74) is 0.961. The number of nitrogens with zero attached hydrogens (tertiary/aromatic N) is 1. The highest BCUT2D eigenvalue weighted by molar-refractivity contribution is 7.80. The molecule has 2 aromatic carbocycles. The summed E-state index contributed by atoms with van der Waals surface area (Å²) in [5.74, 6) is -0.910. The average molecular weight is 483 g/mol. The van der Waals surface area contributed by atoms with Gasteiger partial charge in [0.2, 0.25) is 5.91 Å². The largest absolute Gasteiger partial charge is 0.497 e. The molecule has 0 aliphatic carbocycles. The van der Waals surface area contributed by atoms with Crippen LogP contribution in [-0.4, -0.2) is 41.6 Å². The van der Waals surface area contributed by atoms with Crippen molar-refractivity contribution in [2.45, 2.75) is 57.4 Å². The molecule has 180 valence electrons. The van der Waals surface area contributed by atoms with Gasteiger partial charge in [0.15, 0.2) is 5.78 Å². The van der Waals surface area contributed by atoms with Gasteiger partial charge in [-0.25, -0.2) is 0 Å². The van der Waals surface area contributed by atoms with Gasteiger partial charge in [-0.1, -0.05) is 33.3 Å². The van der Waals surface area contributed by atoms with Gasteiger partial charge in [0.25, 0.3) is 11.8 Å². The van der Waals surface area contributed by atoms with Crippen LogP contribution in [0.5, 0.6) is 5.75 Å². The van der Waals surface area contributed by atoms with E-state index in [0.717, 1.165) is 4.90 Å². The fourth-order valence-corrected chi connectivity index (χ4v) is 4.30. The summed E-state index contributed by atoms with van der Waals surface area (Å²) in [6, 6.07) is 8.62. The molecule has 0 fully saturated rings. The topological polar surface area (TPSA) is 92.8 Å². The Bertz CT molecular complexity index is 1130. The highest BCUT2D eigenvalue weighted by Gasteiger charge is 2.43. The number of imide groups is 1. The van der Waals surface area contributed by atoms with Crippen molar-refractivity contribution in [3.8, 4) is 5.75 Å². The Morgan fingerprint density at radius 3 is 2.44 bits per heavy atom. The van der Waals surface area contributed by atoms with Crippen molar-refractivity contribution < 1.29 is 23.9 Å². The minimum absolute atomic E-state index is 0.193. The zero-order valence-electron chi connectivity index (χ0n) is 19.9. The van der Waals surface area contributed by atoms with Gasteiger partial charge in [0.05, 0.1) is 23.9 Å². The third-order valence-electron chi connectivity index (χ3n) is 5.82. The Hall–Kier alpha value is -3.13. The molecule has 1 atom stereocenters. The van der Waals surface area contributed by atoms with Crippen molar-refractivity contribution in [2.75, 3.05) is 12.4 Å². The van der Waals surface area contributed by atoms with Gasteiger partial charge in [-0.05, 0) is 49.1 Å². The van der Waals surface area contributed by atoms with Crippen molar-refractivity contribution in [1.29, 1.82) is 0 Å². The van der Waals surface area contributed by atoms with Gasteiger partial charge in [-0.15, -0.1) is 12.6 Å². The maximum absolute atomic E-state index is 13.8. The minimum Gasteiger partial charge on any atom is -0.497 e. The lowest BCUT2D eigenvalue weighted by molar-refractivity contribution is -0.116. The molecule has 0 aromatic heterocycles. The van der Waals surface area contributed by atoms with Gasteiger partial charge in [-0.3, -0.25) is 24.1 Å². The lowest BCUT2D eigenvalue weighted by atomic mass is 9.97. The van der Waals surface area contributed by atoms with Gasteiger partial charge in [0.1, 0.15) is 11.8 Å². The highest BCUT2D eigenvalue weighted by Crippen LogP contribution is 2.33. The number of ketones is 1. The van der Waals surface area contributed by atoms with Crippen molar-refractivity contribution in [2.24, 2.45) is 5.92 Å². The van der Waals surface area contributed by atoms with Crippen LogP contribution in [0.1, 0.15) is 77.5 Å². The molecule has 0 bridgehead atoms. The molecule has 0 saturated carbocycles. The first kappa shape index (κ1) is 25.5. The summed E-state index contributed by atoms with van der Waals surface area (Å²) in [6.45, 7) is 5.94. The van der Waals surface area contributed by atoms with E-state index in [1.165, 1.54) is 13.2 Å². The first-order valence-electron chi connectivity index (χ1n) is 11.4. The van der Waals surface area contributed by atoms with Crippen LogP contribution in [0.15, 0.2) is 41.3 Å². The third-order valence-corrected chi connectivity index (χ3v) is 6.19. The lowest BCUT2D eigenvalue weighted by Crippen LogP contribution is -2.45. The van der Waals surface area contributed by atoms with E-state index in [0.29, 0.717) is 41.5 Å². The predicted octanol–water partition coefficient (Wildman–Crippen LogP) is 5.01. The average Bonchev–Trinajstić information content (AvgIpc) is 3.06. The summed E-state index contributed by atoms with van der Waals surface area (Å²) >= 11 is 4.34. The van der Waals surface area contributed by atoms with E-state index in [1.54, 1.807) is 30.3 Å². The van der Waals surface area contributed by atoms with E-state index in [-0.39, 0.29) is 29.0 Å². The number of anilines is 1. The summed E-state index contributed by atoms with van der Waals surface area (Å²) in [6.07, 6.45) is 1.88. The number of fused-ring (bicyclic) bond motifs is 1. The Balaban J connectivity index is 1.99. The van der Waals surface area contributed by atoms with Crippen LogP contribution in [0.3, 0.4) is 0 Å². The van der Waals surface area contributed by atoms with Crippen LogP contribution in [0.4, 0.5) is 5.69 Å². The van der Waals surface area contributed by atoms with Crippen LogP contribution in [0, 0.1) is 5.92 Å². The second-order valence-corrected chi connectivity index (χ2v) is 9.22. The Morgan fingerprint density at radius 1 is 1.09 bits per heavy atom. The first-order valence-corrected chi connectivity index (χ1v) is 11.9. The van der Waals surface area contributed by atoms with Crippen molar-refractivity contribution in [1.82, 2.24) is 4.90 Å². The molecule has 0 saturated heterocycles. The number of thiol groups is 1. The highest BCUT2D eigenvalue weighted by atomic mass is 32.1. The molecule has 2 aromatic rings. The smallest absolute Gasteiger partial charge is 0.263 e. The number of rotatable bonds is 10. The van der Waals surface area contributed by atoms with Crippen LogP contribution >= 0.6 is 12.6 Å². The quantitative estimate of drug-likeness (QED) is 0.282. The molecule has 1 unspecified atom stereocenters. The van der Waals surface area contributed by atoms with Crippen LogP contribution in [-0.2, 0) is 4.79 Å². The standard InChI is InChI=1S/C26H30N2O5S/c1-5-7-20(28-25(31)17-8-6-9-21(34)23(17)26(28)32)24(30)18-14-16(33-4)11-12-19(18)27-22(29)13-10-15(2)3/h6,8-9,11-12,14-15,20,34H,5,7,10,13H2,1-4H3,(H,27,29). The summed E-state index contributed by atoms with van der Waals surface area (Å²) in [4.78, 5) is 54.1. The number of carbonyl (C=O) groups excluding carboxylic acids is 4. The molecular formula is C26H30N2O5S. The van der Waals surface area contributed by atoms with E-state index >= 15 is 0 Å². The van der Waals surface area contributed by atoms with E-state index < -0.39 is 23.6 Å². The van der Waals surface area contributed by atoms with E-state index in [2.05, 4.69) is 17.9 Å². The summed E-state index contributed by atoms with van der Waals surface area (Å²) < 4.78 is 5.30.